The number of piperidine rings is 1. The molecule has 1 aliphatic rings. The molecule has 3 aromatic rings. The van der Waals surface area contributed by atoms with E-state index in [4.69, 9.17) is 16.3 Å². The first kappa shape index (κ1) is 21.3. The molecule has 162 valence electrons. The molecular formula is C23H24ClFN4O2. The topological polar surface area (TPSA) is 60.3 Å². The molecular weight excluding hydrogens is 419 g/mol. The normalized spacial score (nSPS) is 14.6. The van der Waals surface area contributed by atoms with Crippen LogP contribution in [0.3, 0.4) is 0 Å². The second-order valence-corrected chi connectivity index (χ2v) is 8.00. The molecule has 8 heteroatoms. The Hall–Kier alpha value is -2.93. The largest absolute Gasteiger partial charge is 0.488 e. The van der Waals surface area contributed by atoms with Crippen molar-refractivity contribution in [1.29, 1.82) is 0 Å². The summed E-state index contributed by atoms with van der Waals surface area (Å²) in [6.07, 6.45) is 7.63. The van der Waals surface area contributed by atoms with Gasteiger partial charge in [0.25, 0.3) is 5.56 Å². The van der Waals surface area contributed by atoms with Crippen LogP contribution in [0.5, 0.6) is 5.75 Å². The monoisotopic (exact) mass is 442 g/mol. The molecule has 1 saturated heterocycles. The maximum absolute atomic E-state index is 13.9. The quantitative estimate of drug-likeness (QED) is 0.575. The van der Waals surface area contributed by atoms with Crippen LogP contribution < -0.4 is 15.2 Å². The first-order valence-corrected chi connectivity index (χ1v) is 10.8. The summed E-state index contributed by atoms with van der Waals surface area (Å²) in [4.78, 5) is 23.5. The highest BCUT2D eigenvalue weighted by atomic mass is 35.5. The van der Waals surface area contributed by atoms with Crippen LogP contribution in [0.15, 0.2) is 53.7 Å². The lowest BCUT2D eigenvalue weighted by atomic mass is 10.1. The lowest BCUT2D eigenvalue weighted by Gasteiger charge is -2.32. The first-order chi connectivity index (χ1) is 15.0. The van der Waals surface area contributed by atoms with Crippen LogP contribution in [-0.4, -0.2) is 33.7 Å². The minimum Gasteiger partial charge on any atom is -0.488 e. The highest BCUT2D eigenvalue weighted by Crippen LogP contribution is 2.26. The fourth-order valence-corrected chi connectivity index (χ4v) is 3.82. The molecule has 0 aliphatic carbocycles. The molecule has 2 aromatic heterocycles. The molecule has 0 radical (unpaired) electrons. The second kappa shape index (κ2) is 9.47. The first-order valence-electron chi connectivity index (χ1n) is 10.4. The van der Waals surface area contributed by atoms with E-state index in [9.17, 15) is 9.18 Å². The SMILES string of the molecule is CCc1cnc(N2CCC(Oc3cc(=O)n(Cc4ccccc4F)cc3Cl)CC2)nc1. The molecule has 0 unspecified atom stereocenters. The Balaban J connectivity index is 1.39. The van der Waals surface area contributed by atoms with Crippen molar-refractivity contribution in [3.63, 3.8) is 0 Å². The molecule has 0 spiro atoms. The van der Waals surface area contributed by atoms with Gasteiger partial charge in [0.15, 0.2) is 0 Å². The number of rotatable bonds is 6. The van der Waals surface area contributed by atoms with Gasteiger partial charge in [-0.1, -0.05) is 36.7 Å². The predicted molar refractivity (Wildman–Crippen MR) is 118 cm³/mol. The summed E-state index contributed by atoms with van der Waals surface area (Å²) in [6, 6.07) is 7.74. The average molecular weight is 443 g/mol. The Morgan fingerprint density at radius 3 is 2.58 bits per heavy atom. The van der Waals surface area contributed by atoms with Crippen molar-refractivity contribution in [3.8, 4) is 5.75 Å². The van der Waals surface area contributed by atoms with Crippen LogP contribution in [0, 0.1) is 5.82 Å². The van der Waals surface area contributed by atoms with Crippen LogP contribution in [0.2, 0.25) is 5.02 Å². The van der Waals surface area contributed by atoms with Crippen molar-refractivity contribution in [2.45, 2.75) is 38.8 Å². The molecule has 6 nitrogen and oxygen atoms in total. The number of anilines is 1. The van der Waals surface area contributed by atoms with Gasteiger partial charge in [-0.05, 0) is 18.1 Å². The Morgan fingerprint density at radius 1 is 1.19 bits per heavy atom. The lowest BCUT2D eigenvalue weighted by molar-refractivity contribution is 0.170. The van der Waals surface area contributed by atoms with Crippen LogP contribution in [-0.2, 0) is 13.0 Å². The fraction of sp³-hybridized carbons (Fsp3) is 0.348. The van der Waals surface area contributed by atoms with Crippen molar-refractivity contribution in [3.05, 3.63) is 81.2 Å². The molecule has 31 heavy (non-hydrogen) atoms. The zero-order valence-corrected chi connectivity index (χ0v) is 18.1. The van der Waals surface area contributed by atoms with E-state index in [1.165, 1.54) is 22.9 Å². The summed E-state index contributed by atoms with van der Waals surface area (Å²) < 4.78 is 21.3. The molecule has 1 aliphatic heterocycles. The highest BCUT2D eigenvalue weighted by molar-refractivity contribution is 6.31. The van der Waals surface area contributed by atoms with E-state index in [1.807, 2.05) is 12.4 Å². The maximum atomic E-state index is 13.9. The minimum absolute atomic E-state index is 0.0505. The van der Waals surface area contributed by atoms with Crippen molar-refractivity contribution < 1.29 is 9.13 Å². The molecule has 0 N–H and O–H groups in total. The van der Waals surface area contributed by atoms with E-state index in [0.717, 1.165) is 43.9 Å². The van der Waals surface area contributed by atoms with E-state index in [0.29, 0.717) is 16.3 Å². The zero-order valence-electron chi connectivity index (χ0n) is 17.3. The summed E-state index contributed by atoms with van der Waals surface area (Å²) in [5.74, 6) is 0.730. The smallest absolute Gasteiger partial charge is 0.254 e. The maximum Gasteiger partial charge on any atom is 0.254 e. The van der Waals surface area contributed by atoms with Crippen molar-refractivity contribution in [2.75, 3.05) is 18.0 Å². The van der Waals surface area contributed by atoms with E-state index in [-0.39, 0.29) is 24.0 Å². The molecule has 0 amide bonds. The highest BCUT2D eigenvalue weighted by Gasteiger charge is 2.23. The number of halogens is 2. The summed E-state index contributed by atoms with van der Waals surface area (Å²) in [7, 11) is 0. The van der Waals surface area contributed by atoms with Gasteiger partial charge in [-0.3, -0.25) is 4.79 Å². The summed E-state index contributed by atoms with van der Waals surface area (Å²) in [5.41, 5.74) is 1.25. The van der Waals surface area contributed by atoms with Gasteiger partial charge in [-0.2, -0.15) is 0 Å². The van der Waals surface area contributed by atoms with Crippen molar-refractivity contribution in [1.82, 2.24) is 14.5 Å². The van der Waals surface area contributed by atoms with Crippen molar-refractivity contribution in [2.24, 2.45) is 0 Å². The number of aryl methyl sites for hydroxylation is 1. The molecule has 0 atom stereocenters. The molecule has 1 aromatic carbocycles. The van der Waals surface area contributed by atoms with Crippen LogP contribution in [0.4, 0.5) is 10.3 Å². The third kappa shape index (κ3) is 5.05. The van der Waals surface area contributed by atoms with Gasteiger partial charge in [0.1, 0.15) is 17.7 Å². The molecule has 4 rings (SSSR count). The zero-order chi connectivity index (χ0) is 21.8. The minimum atomic E-state index is -0.356. The molecule has 3 heterocycles. The third-order valence-electron chi connectivity index (χ3n) is 5.46. The number of hydrogen-bond acceptors (Lipinski definition) is 5. The van der Waals surface area contributed by atoms with Crippen LogP contribution >= 0.6 is 11.6 Å². The third-order valence-corrected chi connectivity index (χ3v) is 5.74. The van der Waals surface area contributed by atoms with E-state index >= 15 is 0 Å². The summed E-state index contributed by atoms with van der Waals surface area (Å²) in [5, 5.41) is 0.330. The number of benzene rings is 1. The van der Waals surface area contributed by atoms with Crippen LogP contribution in [0.25, 0.3) is 0 Å². The standard InChI is InChI=1S/C23H24ClFN4O2/c1-2-16-12-26-23(27-13-16)28-9-7-18(8-10-28)31-21-11-22(30)29(15-19(21)24)14-17-5-3-4-6-20(17)25/h3-6,11-13,15,18H,2,7-10,14H2,1H3. The fourth-order valence-electron chi connectivity index (χ4n) is 3.60. The number of ether oxygens (including phenoxy) is 1. The number of hydrogen-bond donors (Lipinski definition) is 0. The molecule has 0 saturated carbocycles. The Bertz CT molecular complexity index is 1100. The van der Waals surface area contributed by atoms with E-state index in [2.05, 4.69) is 21.8 Å². The summed E-state index contributed by atoms with van der Waals surface area (Å²) >= 11 is 6.37. The van der Waals surface area contributed by atoms with E-state index < -0.39 is 0 Å². The number of nitrogens with zero attached hydrogens (tertiary/aromatic N) is 4. The predicted octanol–water partition coefficient (Wildman–Crippen LogP) is 4.09. The number of aromatic nitrogens is 3. The molecule has 0 bridgehead atoms. The van der Waals surface area contributed by atoms with Gasteiger partial charge < -0.3 is 14.2 Å². The van der Waals surface area contributed by atoms with Crippen molar-refractivity contribution >= 4 is 17.5 Å². The van der Waals surface area contributed by atoms with Gasteiger partial charge >= 0.3 is 0 Å². The van der Waals surface area contributed by atoms with Gasteiger partial charge in [0.2, 0.25) is 5.95 Å². The van der Waals surface area contributed by atoms with Gasteiger partial charge in [0, 0.05) is 56.2 Å². The average Bonchev–Trinajstić information content (AvgIpc) is 2.79. The Labute approximate surface area is 185 Å². The summed E-state index contributed by atoms with van der Waals surface area (Å²) in [6.45, 7) is 3.71. The van der Waals surface area contributed by atoms with E-state index in [1.54, 1.807) is 18.2 Å². The number of pyridine rings is 1. The van der Waals surface area contributed by atoms with Gasteiger partial charge in [-0.25, -0.2) is 14.4 Å². The van der Waals surface area contributed by atoms with Gasteiger partial charge in [0.05, 0.1) is 11.6 Å². The Kier molecular flexibility index (Phi) is 6.51. The molecule has 1 fully saturated rings. The second-order valence-electron chi connectivity index (χ2n) is 7.59. The lowest BCUT2D eigenvalue weighted by Crippen LogP contribution is -2.39. The van der Waals surface area contributed by atoms with Crippen LogP contribution in [0.1, 0.15) is 30.9 Å². The van der Waals surface area contributed by atoms with Gasteiger partial charge in [-0.15, -0.1) is 0 Å². The Morgan fingerprint density at radius 2 is 1.90 bits per heavy atom.